The number of hydrogen-bond acceptors (Lipinski definition) is 4. The summed E-state index contributed by atoms with van der Waals surface area (Å²) < 4.78 is 22.0. The van der Waals surface area contributed by atoms with E-state index in [-0.39, 0.29) is 0 Å². The van der Waals surface area contributed by atoms with Crippen LogP contribution in [0.25, 0.3) is 0 Å². The minimum atomic E-state index is -2.24. The molecule has 30 heavy (non-hydrogen) atoms. The Balaban J connectivity index is 3.08. The molecule has 1 N–H and O–H groups in total. The molecule has 0 saturated carbocycles. The second-order valence-corrected chi connectivity index (χ2v) is 22.3. The summed E-state index contributed by atoms with van der Waals surface area (Å²) in [6.45, 7) is 6.91. The summed E-state index contributed by atoms with van der Waals surface area (Å²) in [4.78, 5) is 0. The van der Waals surface area contributed by atoms with Crippen molar-refractivity contribution in [2.75, 3.05) is 21.3 Å². The van der Waals surface area contributed by atoms with Gasteiger partial charge in [0.25, 0.3) is 0 Å². The van der Waals surface area contributed by atoms with Crippen molar-refractivity contribution < 1.29 is 19.3 Å². The molecule has 4 nitrogen and oxygen atoms in total. The van der Waals surface area contributed by atoms with Crippen molar-refractivity contribution in [2.24, 2.45) is 0 Å². The van der Waals surface area contributed by atoms with Crippen molar-refractivity contribution >= 4 is 18.4 Å². The summed E-state index contributed by atoms with van der Waals surface area (Å²) in [5.41, 5.74) is 0.661. The second-order valence-electron chi connectivity index (χ2n) is 8.33. The number of rotatable bonds is 16. The van der Waals surface area contributed by atoms with Gasteiger partial charge in [-0.25, -0.2) is 0 Å². The van der Waals surface area contributed by atoms with Crippen LogP contribution in [0.2, 0.25) is 17.7 Å². The number of methoxy groups -OCH3 is 3. The summed E-state index contributed by atoms with van der Waals surface area (Å²) in [6.07, 6.45) is 11.4. The molecule has 1 aromatic carbocycles. The summed E-state index contributed by atoms with van der Waals surface area (Å²) >= 11 is -2.24. The molecular formula is C25H44O4Sn. The number of benzene rings is 1. The monoisotopic (exact) mass is 528 g/mol. The summed E-state index contributed by atoms with van der Waals surface area (Å²) in [5, 5.41) is 11.0. The Morgan fingerprint density at radius 2 is 1.30 bits per heavy atom. The molecule has 0 amide bonds. The summed E-state index contributed by atoms with van der Waals surface area (Å²) in [7, 11) is 4.82. The number of allylic oxidation sites excluding steroid dienone is 1. The topological polar surface area (TPSA) is 47.9 Å². The second kappa shape index (κ2) is 15.0. The zero-order chi connectivity index (χ0) is 22.4. The van der Waals surface area contributed by atoms with E-state index < -0.39 is 24.5 Å². The predicted molar refractivity (Wildman–Crippen MR) is 130 cm³/mol. The molecule has 0 aliphatic carbocycles. The zero-order valence-electron chi connectivity index (χ0n) is 20.1. The fourth-order valence-electron chi connectivity index (χ4n) is 4.20. The van der Waals surface area contributed by atoms with Crippen LogP contribution in [0.1, 0.15) is 71.0 Å². The first-order valence-electron chi connectivity index (χ1n) is 11.6. The third-order valence-corrected chi connectivity index (χ3v) is 21.4. The van der Waals surface area contributed by atoms with Gasteiger partial charge < -0.3 is 0 Å². The van der Waals surface area contributed by atoms with E-state index in [1.807, 2.05) is 6.08 Å². The fraction of sp³-hybridized carbons (Fsp3) is 0.680. The van der Waals surface area contributed by atoms with Crippen LogP contribution in [-0.2, 0) is 0 Å². The first-order chi connectivity index (χ1) is 14.5. The van der Waals surface area contributed by atoms with Gasteiger partial charge in [0.05, 0.1) is 0 Å². The molecule has 1 atom stereocenters. The summed E-state index contributed by atoms with van der Waals surface area (Å²) in [6, 6.07) is 3.59. The maximum atomic E-state index is 11.0. The molecule has 1 rings (SSSR count). The van der Waals surface area contributed by atoms with Gasteiger partial charge in [-0.05, 0) is 0 Å². The molecule has 0 aromatic heterocycles. The Hall–Kier alpha value is -0.881. The Bertz CT molecular complexity index is 583. The predicted octanol–water partition coefficient (Wildman–Crippen LogP) is 7.15. The van der Waals surface area contributed by atoms with Gasteiger partial charge in [0.2, 0.25) is 0 Å². The van der Waals surface area contributed by atoms with Crippen molar-refractivity contribution in [3.63, 3.8) is 0 Å². The van der Waals surface area contributed by atoms with E-state index in [9.17, 15) is 5.11 Å². The van der Waals surface area contributed by atoms with Gasteiger partial charge in [0, 0.05) is 0 Å². The van der Waals surface area contributed by atoms with Crippen molar-refractivity contribution in [1.29, 1.82) is 0 Å². The zero-order valence-corrected chi connectivity index (χ0v) is 23.0. The number of aliphatic hydroxyl groups excluding tert-OH is 1. The molecule has 0 fully saturated rings. The average Bonchev–Trinajstić information content (AvgIpc) is 2.78. The Kier molecular flexibility index (Phi) is 13.6. The van der Waals surface area contributed by atoms with Crippen molar-refractivity contribution in [1.82, 2.24) is 0 Å². The van der Waals surface area contributed by atoms with Crippen LogP contribution in [0.5, 0.6) is 17.2 Å². The molecule has 0 radical (unpaired) electrons. The molecule has 0 aliphatic heterocycles. The van der Waals surface area contributed by atoms with Gasteiger partial charge in [0.15, 0.2) is 0 Å². The minimum absolute atomic E-state index is 0.584. The molecule has 1 aromatic rings. The fourth-order valence-corrected chi connectivity index (χ4v) is 19.4. The van der Waals surface area contributed by atoms with Crippen LogP contribution in [-0.4, -0.2) is 44.8 Å². The van der Waals surface area contributed by atoms with Crippen LogP contribution in [0.15, 0.2) is 24.3 Å². The van der Waals surface area contributed by atoms with E-state index in [4.69, 9.17) is 14.2 Å². The quantitative estimate of drug-likeness (QED) is 0.183. The van der Waals surface area contributed by atoms with Crippen LogP contribution >= 0.6 is 0 Å². The van der Waals surface area contributed by atoms with Gasteiger partial charge >= 0.3 is 189 Å². The molecule has 1 unspecified atom stereocenters. The molecule has 0 saturated heterocycles. The van der Waals surface area contributed by atoms with Gasteiger partial charge in [-0.1, -0.05) is 0 Å². The number of hydrogen-bond donors (Lipinski definition) is 1. The number of unbranched alkanes of at least 4 members (excludes halogenated alkanes) is 3. The average molecular weight is 527 g/mol. The molecule has 172 valence electrons. The molecule has 0 spiro atoms. The Morgan fingerprint density at radius 1 is 0.833 bits per heavy atom. The first-order valence-corrected chi connectivity index (χ1v) is 19.7. The van der Waals surface area contributed by atoms with Crippen LogP contribution in [0, 0.1) is 0 Å². The maximum absolute atomic E-state index is 11.0. The van der Waals surface area contributed by atoms with Crippen LogP contribution in [0.3, 0.4) is 0 Å². The van der Waals surface area contributed by atoms with E-state index in [0.717, 1.165) is 0 Å². The molecular weight excluding hydrogens is 483 g/mol. The van der Waals surface area contributed by atoms with E-state index in [1.165, 1.54) is 56.3 Å². The van der Waals surface area contributed by atoms with E-state index in [2.05, 4.69) is 26.8 Å². The first kappa shape index (κ1) is 27.2. The van der Waals surface area contributed by atoms with Crippen molar-refractivity contribution in [3.8, 4) is 17.2 Å². The summed E-state index contributed by atoms with van der Waals surface area (Å²) in [5.74, 6) is 1.82. The molecule has 0 heterocycles. The van der Waals surface area contributed by atoms with Gasteiger partial charge in [0.1, 0.15) is 0 Å². The Morgan fingerprint density at radius 3 is 1.67 bits per heavy atom. The normalized spacial score (nSPS) is 12.9. The van der Waals surface area contributed by atoms with E-state index in [1.54, 1.807) is 33.5 Å². The molecule has 0 bridgehead atoms. The third-order valence-electron chi connectivity index (χ3n) is 6.10. The molecule has 5 heteroatoms. The Labute approximate surface area is 188 Å². The van der Waals surface area contributed by atoms with Gasteiger partial charge in [-0.2, -0.15) is 0 Å². The third kappa shape index (κ3) is 8.33. The van der Waals surface area contributed by atoms with Crippen LogP contribution < -0.4 is 14.2 Å². The van der Waals surface area contributed by atoms with Gasteiger partial charge in [-0.3, -0.25) is 0 Å². The standard InChI is InChI=1S/C13H17O4.3C4H9.Sn/c1-5-6-10(14)13-11(16-3)7-9(15-2)8-12(13)17-4;3*1-3-4-2;/h5-8,10,14H,1H2,2-4H3;3*1,3-4H2,2H3;/b6-5-;;;;. The van der Waals surface area contributed by atoms with Crippen molar-refractivity contribution in [2.45, 2.75) is 83.1 Å². The van der Waals surface area contributed by atoms with E-state index >= 15 is 0 Å². The van der Waals surface area contributed by atoms with Crippen LogP contribution in [0.4, 0.5) is 0 Å². The molecule has 0 aliphatic rings. The number of aliphatic hydroxyl groups is 1. The van der Waals surface area contributed by atoms with Crippen molar-refractivity contribution in [3.05, 3.63) is 29.8 Å². The SMILES string of the molecule is CCC[CH2][Sn]([CH2]/C=C\C(O)c1c(OC)cc(OC)cc1OC)([CH2]CCC)[CH2]CCC. The van der Waals surface area contributed by atoms with E-state index in [0.29, 0.717) is 22.8 Å². The van der Waals surface area contributed by atoms with Gasteiger partial charge in [-0.15, -0.1) is 0 Å². The number of ether oxygens (including phenoxy) is 3.